The minimum atomic E-state index is -0.158. The Balaban J connectivity index is 2.15. The maximum Gasteiger partial charge on any atom is 0.296 e. The van der Waals surface area contributed by atoms with Gasteiger partial charge in [-0.25, -0.2) is 9.97 Å². The van der Waals surface area contributed by atoms with Crippen LogP contribution >= 0.6 is 0 Å². The van der Waals surface area contributed by atoms with E-state index in [4.69, 9.17) is 0 Å². The van der Waals surface area contributed by atoms with E-state index in [1.54, 1.807) is 41.5 Å². The summed E-state index contributed by atoms with van der Waals surface area (Å²) in [7, 11) is 0. The molecule has 0 aliphatic heterocycles. The van der Waals surface area contributed by atoms with E-state index in [2.05, 4.69) is 15.1 Å². The largest absolute Gasteiger partial charge is 0.298 e. The zero-order valence-electron chi connectivity index (χ0n) is 9.74. The lowest BCUT2D eigenvalue weighted by Crippen LogP contribution is -2.19. The van der Waals surface area contributed by atoms with Gasteiger partial charge in [0.25, 0.3) is 5.56 Å². The predicted octanol–water partition coefficient (Wildman–Crippen LogP) is 1.05. The third-order valence-corrected chi connectivity index (χ3v) is 2.72. The molecule has 18 heavy (non-hydrogen) atoms. The Morgan fingerprint density at radius 2 is 2.11 bits per heavy atom. The summed E-state index contributed by atoms with van der Waals surface area (Å²) in [5.74, 6) is 1.32. The summed E-state index contributed by atoms with van der Waals surface area (Å²) in [6, 6.07) is 5.40. The fourth-order valence-electron chi connectivity index (χ4n) is 1.82. The Bertz CT molecular complexity index is 722. The molecule has 90 valence electrons. The minimum absolute atomic E-state index is 0.158. The van der Waals surface area contributed by atoms with E-state index in [0.29, 0.717) is 11.5 Å². The maximum atomic E-state index is 12.3. The summed E-state index contributed by atoms with van der Waals surface area (Å²) in [4.78, 5) is 20.5. The van der Waals surface area contributed by atoms with Crippen molar-refractivity contribution in [2.75, 3.05) is 0 Å². The van der Waals surface area contributed by atoms with Crippen molar-refractivity contribution in [3.05, 3.63) is 59.2 Å². The molecule has 0 bridgehead atoms. The third kappa shape index (κ3) is 1.55. The third-order valence-electron chi connectivity index (χ3n) is 2.72. The van der Waals surface area contributed by atoms with Crippen LogP contribution in [0.2, 0.25) is 0 Å². The standard InChI is InChI=1S/C12H11N5O/c1-9-13-6-7-16(9)10-8-15-17(12(10)18)11-4-2-3-5-14-11/h2-8,15H,1H3. The van der Waals surface area contributed by atoms with E-state index in [1.807, 2.05) is 13.0 Å². The van der Waals surface area contributed by atoms with Crippen LogP contribution in [0, 0.1) is 6.92 Å². The molecule has 0 saturated heterocycles. The van der Waals surface area contributed by atoms with Crippen LogP contribution in [0.25, 0.3) is 11.5 Å². The van der Waals surface area contributed by atoms with E-state index in [9.17, 15) is 4.79 Å². The average Bonchev–Trinajstić information content (AvgIpc) is 2.96. The maximum absolute atomic E-state index is 12.3. The van der Waals surface area contributed by atoms with Crippen molar-refractivity contribution in [2.24, 2.45) is 0 Å². The van der Waals surface area contributed by atoms with Crippen LogP contribution in [0.3, 0.4) is 0 Å². The van der Waals surface area contributed by atoms with Gasteiger partial charge in [-0.15, -0.1) is 0 Å². The van der Waals surface area contributed by atoms with Crippen molar-refractivity contribution in [3.63, 3.8) is 0 Å². The zero-order valence-corrected chi connectivity index (χ0v) is 9.74. The molecular weight excluding hydrogens is 230 g/mol. The lowest BCUT2D eigenvalue weighted by atomic mass is 10.4. The van der Waals surface area contributed by atoms with Gasteiger partial charge in [-0.1, -0.05) is 6.07 Å². The number of aromatic nitrogens is 5. The molecule has 0 saturated carbocycles. The molecule has 1 N–H and O–H groups in total. The molecule has 0 aliphatic carbocycles. The Morgan fingerprint density at radius 1 is 1.22 bits per heavy atom. The summed E-state index contributed by atoms with van der Waals surface area (Å²) >= 11 is 0. The van der Waals surface area contributed by atoms with E-state index < -0.39 is 0 Å². The van der Waals surface area contributed by atoms with Crippen LogP contribution in [-0.2, 0) is 0 Å². The highest BCUT2D eigenvalue weighted by atomic mass is 16.1. The molecular formula is C12H11N5O. The number of hydrogen-bond donors (Lipinski definition) is 1. The van der Waals surface area contributed by atoms with Gasteiger partial charge in [0.1, 0.15) is 11.5 Å². The molecule has 6 heteroatoms. The van der Waals surface area contributed by atoms with Crippen LogP contribution in [0.5, 0.6) is 0 Å². The molecule has 3 rings (SSSR count). The number of pyridine rings is 1. The monoisotopic (exact) mass is 241 g/mol. The van der Waals surface area contributed by atoms with Crippen molar-refractivity contribution >= 4 is 0 Å². The lowest BCUT2D eigenvalue weighted by molar-refractivity contribution is 0.815. The summed E-state index contributed by atoms with van der Waals surface area (Å²) in [6.45, 7) is 1.84. The molecule has 0 aromatic carbocycles. The predicted molar refractivity (Wildman–Crippen MR) is 66.0 cm³/mol. The number of nitrogens with zero attached hydrogens (tertiary/aromatic N) is 4. The second kappa shape index (κ2) is 3.99. The molecule has 3 heterocycles. The number of rotatable bonds is 2. The van der Waals surface area contributed by atoms with E-state index >= 15 is 0 Å². The molecule has 0 atom stereocenters. The highest BCUT2D eigenvalue weighted by Crippen LogP contribution is 2.06. The van der Waals surface area contributed by atoms with Gasteiger partial charge in [-0.2, -0.15) is 4.68 Å². The number of hydrogen-bond acceptors (Lipinski definition) is 3. The molecule has 3 aromatic rings. The molecule has 0 fully saturated rings. The average molecular weight is 241 g/mol. The zero-order chi connectivity index (χ0) is 12.5. The Morgan fingerprint density at radius 3 is 2.78 bits per heavy atom. The van der Waals surface area contributed by atoms with E-state index in [0.717, 1.165) is 5.82 Å². The van der Waals surface area contributed by atoms with Crippen molar-refractivity contribution in [1.82, 2.24) is 24.3 Å². The smallest absolute Gasteiger partial charge is 0.296 e. The van der Waals surface area contributed by atoms with Crippen molar-refractivity contribution in [2.45, 2.75) is 6.92 Å². The topological polar surface area (TPSA) is 68.5 Å². The molecule has 0 aliphatic rings. The van der Waals surface area contributed by atoms with Gasteiger partial charge in [-0.3, -0.25) is 14.5 Å². The summed E-state index contributed by atoms with van der Waals surface area (Å²) in [5, 5.41) is 2.90. The van der Waals surface area contributed by atoms with E-state index in [1.165, 1.54) is 4.68 Å². The first-order valence-electron chi connectivity index (χ1n) is 5.49. The van der Waals surface area contributed by atoms with Crippen LogP contribution in [0.4, 0.5) is 0 Å². The van der Waals surface area contributed by atoms with Gasteiger partial charge in [0.2, 0.25) is 0 Å². The first kappa shape index (κ1) is 10.5. The lowest BCUT2D eigenvalue weighted by Gasteiger charge is -1.99. The fourth-order valence-corrected chi connectivity index (χ4v) is 1.82. The summed E-state index contributed by atoms with van der Waals surface area (Å²) < 4.78 is 3.13. The Labute approximate surface area is 103 Å². The molecule has 3 aromatic heterocycles. The molecule has 6 nitrogen and oxygen atoms in total. The van der Waals surface area contributed by atoms with Gasteiger partial charge < -0.3 is 0 Å². The van der Waals surface area contributed by atoms with Crippen LogP contribution < -0.4 is 5.56 Å². The summed E-state index contributed by atoms with van der Waals surface area (Å²) in [5.41, 5.74) is 0.366. The number of imidazole rings is 1. The van der Waals surface area contributed by atoms with Gasteiger partial charge >= 0.3 is 0 Å². The second-order valence-electron chi connectivity index (χ2n) is 3.83. The van der Waals surface area contributed by atoms with E-state index in [-0.39, 0.29) is 5.56 Å². The highest BCUT2D eigenvalue weighted by Gasteiger charge is 2.11. The Hall–Kier alpha value is -2.63. The number of aryl methyl sites for hydroxylation is 1. The number of aromatic amines is 1. The van der Waals surface area contributed by atoms with Gasteiger partial charge in [0.05, 0.1) is 0 Å². The highest BCUT2D eigenvalue weighted by molar-refractivity contribution is 5.32. The molecule has 0 spiro atoms. The van der Waals surface area contributed by atoms with Gasteiger partial charge in [0.15, 0.2) is 5.82 Å². The molecule has 0 radical (unpaired) electrons. The van der Waals surface area contributed by atoms with Crippen molar-refractivity contribution in [3.8, 4) is 11.5 Å². The first-order valence-corrected chi connectivity index (χ1v) is 5.49. The van der Waals surface area contributed by atoms with Crippen LogP contribution in [0.1, 0.15) is 5.82 Å². The van der Waals surface area contributed by atoms with Crippen molar-refractivity contribution < 1.29 is 0 Å². The molecule has 0 amide bonds. The second-order valence-corrected chi connectivity index (χ2v) is 3.83. The molecule has 0 unspecified atom stereocenters. The summed E-state index contributed by atoms with van der Waals surface area (Å²) in [6.07, 6.45) is 6.70. The van der Waals surface area contributed by atoms with Crippen molar-refractivity contribution in [1.29, 1.82) is 0 Å². The van der Waals surface area contributed by atoms with Crippen LogP contribution in [0.15, 0.2) is 47.8 Å². The fraction of sp³-hybridized carbons (Fsp3) is 0.0833. The minimum Gasteiger partial charge on any atom is -0.298 e. The van der Waals surface area contributed by atoms with Crippen LogP contribution in [-0.4, -0.2) is 24.3 Å². The van der Waals surface area contributed by atoms with Gasteiger partial charge in [-0.05, 0) is 19.1 Å². The number of nitrogens with one attached hydrogen (secondary N) is 1. The van der Waals surface area contributed by atoms with Gasteiger partial charge in [0, 0.05) is 24.8 Å². The quantitative estimate of drug-likeness (QED) is 0.729. The normalized spacial score (nSPS) is 10.7. The Kier molecular flexibility index (Phi) is 2.33. The first-order chi connectivity index (χ1) is 8.77. The SMILES string of the molecule is Cc1nccn1-c1c[nH]n(-c2ccccn2)c1=O. The number of H-pyrrole nitrogens is 1.